The zero-order valence-electron chi connectivity index (χ0n) is 17.7. The molecule has 7 nitrogen and oxygen atoms in total. The Hall–Kier alpha value is -2.03. The molecule has 0 bridgehead atoms. The molecule has 0 radical (unpaired) electrons. The van der Waals surface area contributed by atoms with Crippen molar-refractivity contribution in [2.24, 2.45) is 5.92 Å². The third-order valence-corrected chi connectivity index (χ3v) is 7.57. The van der Waals surface area contributed by atoms with Crippen molar-refractivity contribution in [2.45, 2.75) is 52.3 Å². The zero-order valence-corrected chi connectivity index (χ0v) is 18.5. The second-order valence-corrected chi connectivity index (χ2v) is 9.85. The van der Waals surface area contributed by atoms with E-state index in [1.807, 2.05) is 18.7 Å². The van der Waals surface area contributed by atoms with Gasteiger partial charge in [0.05, 0.1) is 46.2 Å². The minimum absolute atomic E-state index is 0.0374. The largest absolute Gasteiger partial charge is 0.394 e. The van der Waals surface area contributed by atoms with Crippen molar-refractivity contribution in [1.82, 2.24) is 14.9 Å². The molecule has 1 aliphatic carbocycles. The molecule has 2 aliphatic heterocycles. The summed E-state index contributed by atoms with van der Waals surface area (Å²) < 4.78 is 5.64. The lowest BCUT2D eigenvalue weighted by atomic mass is 10.1. The number of ether oxygens (including phenoxy) is 1. The number of pyridine rings is 1. The highest BCUT2D eigenvalue weighted by molar-refractivity contribution is 7.15. The average Bonchev–Trinajstić information content (AvgIpc) is 3.47. The van der Waals surface area contributed by atoms with Crippen LogP contribution < -0.4 is 4.90 Å². The van der Waals surface area contributed by atoms with Gasteiger partial charge in [-0.1, -0.05) is 0 Å². The molecule has 3 aliphatic rings. The number of morpholine rings is 1. The number of carbonyl (C=O) groups is 1. The van der Waals surface area contributed by atoms with E-state index in [1.165, 1.54) is 12.8 Å². The van der Waals surface area contributed by atoms with Gasteiger partial charge >= 0.3 is 0 Å². The normalized spacial score (nSPS) is 22.5. The molecule has 30 heavy (non-hydrogen) atoms. The van der Waals surface area contributed by atoms with Gasteiger partial charge in [0.25, 0.3) is 5.91 Å². The number of thiazole rings is 1. The van der Waals surface area contributed by atoms with Gasteiger partial charge in [0.2, 0.25) is 0 Å². The number of rotatable bonds is 5. The van der Waals surface area contributed by atoms with Gasteiger partial charge in [-0.15, -0.1) is 11.3 Å². The van der Waals surface area contributed by atoms with Crippen molar-refractivity contribution in [3.8, 4) is 10.6 Å². The summed E-state index contributed by atoms with van der Waals surface area (Å²) in [5.41, 5.74) is 3.62. The summed E-state index contributed by atoms with van der Waals surface area (Å²) in [7, 11) is 0. The van der Waals surface area contributed by atoms with Gasteiger partial charge in [-0.2, -0.15) is 0 Å². The Balaban J connectivity index is 1.59. The van der Waals surface area contributed by atoms with Crippen molar-refractivity contribution in [2.75, 3.05) is 31.2 Å². The number of aromatic nitrogens is 2. The van der Waals surface area contributed by atoms with Crippen LogP contribution in [0.5, 0.6) is 0 Å². The molecule has 5 rings (SSSR count). The summed E-state index contributed by atoms with van der Waals surface area (Å²) in [5, 5.41) is 10.6. The monoisotopic (exact) mass is 428 g/mol. The van der Waals surface area contributed by atoms with E-state index in [-0.39, 0.29) is 24.7 Å². The predicted molar refractivity (Wildman–Crippen MR) is 116 cm³/mol. The van der Waals surface area contributed by atoms with Gasteiger partial charge in [-0.05, 0) is 51.2 Å². The summed E-state index contributed by atoms with van der Waals surface area (Å²) >= 11 is 1.64. The molecule has 160 valence electrons. The molecule has 4 heterocycles. The molecule has 0 spiro atoms. The number of fused-ring (bicyclic) bond motifs is 1. The summed E-state index contributed by atoms with van der Waals surface area (Å²) in [6, 6.07) is 2.34. The number of amides is 1. The summed E-state index contributed by atoms with van der Waals surface area (Å²) in [6.07, 6.45) is 2.15. The van der Waals surface area contributed by atoms with Gasteiger partial charge in [-0.25, -0.2) is 9.97 Å². The Morgan fingerprint density at radius 1 is 1.33 bits per heavy atom. The first-order valence-corrected chi connectivity index (χ1v) is 11.5. The van der Waals surface area contributed by atoms with Crippen LogP contribution in [-0.2, 0) is 11.3 Å². The summed E-state index contributed by atoms with van der Waals surface area (Å²) in [5.74, 6) is 1.43. The fourth-order valence-corrected chi connectivity index (χ4v) is 5.52. The molecule has 1 saturated carbocycles. The number of aliphatic hydroxyl groups is 1. The predicted octanol–water partition coefficient (Wildman–Crippen LogP) is 2.77. The minimum atomic E-state index is -0.259. The number of aryl methyl sites for hydroxylation is 2. The van der Waals surface area contributed by atoms with E-state index in [0.717, 1.165) is 38.2 Å². The van der Waals surface area contributed by atoms with Crippen molar-refractivity contribution >= 4 is 23.1 Å². The number of hydrogen-bond acceptors (Lipinski definition) is 7. The lowest BCUT2D eigenvalue weighted by Crippen LogP contribution is -2.45. The molecule has 2 aromatic rings. The molecule has 1 N–H and O–H groups in total. The Kier molecular flexibility index (Phi) is 5.03. The maximum atomic E-state index is 13.5. The van der Waals surface area contributed by atoms with Crippen molar-refractivity contribution in [3.05, 3.63) is 27.9 Å². The lowest BCUT2D eigenvalue weighted by Gasteiger charge is -2.34. The van der Waals surface area contributed by atoms with Gasteiger partial charge in [0.15, 0.2) is 0 Å². The summed E-state index contributed by atoms with van der Waals surface area (Å²) in [4.78, 5) is 28.2. The molecule has 1 amide bonds. The molecule has 8 heteroatoms. The maximum absolute atomic E-state index is 13.5. The smallest absolute Gasteiger partial charge is 0.258 e. The molecular formula is C22H28N4O3S. The topological polar surface area (TPSA) is 78.8 Å². The number of carbonyl (C=O) groups excluding carboxylic acids is 1. The third kappa shape index (κ3) is 3.40. The highest BCUT2D eigenvalue weighted by atomic mass is 32.1. The Morgan fingerprint density at radius 2 is 2.13 bits per heavy atom. The van der Waals surface area contributed by atoms with Crippen molar-refractivity contribution in [1.29, 1.82) is 0 Å². The molecule has 0 aromatic carbocycles. The van der Waals surface area contributed by atoms with E-state index in [0.29, 0.717) is 32.2 Å². The van der Waals surface area contributed by atoms with E-state index >= 15 is 0 Å². The first kappa shape index (κ1) is 19.9. The van der Waals surface area contributed by atoms with E-state index in [9.17, 15) is 9.90 Å². The zero-order chi connectivity index (χ0) is 21.0. The quantitative estimate of drug-likeness (QED) is 0.789. The van der Waals surface area contributed by atoms with E-state index in [2.05, 4.69) is 22.9 Å². The van der Waals surface area contributed by atoms with Crippen LogP contribution in [-0.4, -0.2) is 64.3 Å². The highest BCUT2D eigenvalue weighted by Crippen LogP contribution is 2.41. The molecular weight excluding hydrogens is 400 g/mol. The molecule has 2 aromatic heterocycles. The van der Waals surface area contributed by atoms with Crippen molar-refractivity contribution < 1.29 is 14.6 Å². The van der Waals surface area contributed by atoms with Crippen LogP contribution >= 0.6 is 11.3 Å². The number of hydrogen-bond donors (Lipinski definition) is 1. The second-order valence-electron chi connectivity index (χ2n) is 8.65. The van der Waals surface area contributed by atoms with E-state index in [4.69, 9.17) is 9.72 Å². The molecule has 2 atom stereocenters. The van der Waals surface area contributed by atoms with Gasteiger partial charge in [0.1, 0.15) is 5.82 Å². The van der Waals surface area contributed by atoms with Crippen LogP contribution in [0.3, 0.4) is 0 Å². The minimum Gasteiger partial charge on any atom is -0.394 e. The Labute approximate surface area is 180 Å². The fourth-order valence-electron chi connectivity index (χ4n) is 4.64. The van der Waals surface area contributed by atoms with Crippen LogP contribution in [0.4, 0.5) is 5.82 Å². The second kappa shape index (κ2) is 7.59. The van der Waals surface area contributed by atoms with Gasteiger partial charge < -0.3 is 19.6 Å². The SMILES string of the molecule is Cc1nc(C)c(-c2cc3c(c(N4CCO[C@@H](CO)C4)n2)C(=O)N([C@@H](C)C2CC2)C3)s1. The first-order chi connectivity index (χ1) is 14.5. The van der Waals surface area contributed by atoms with Crippen LogP contribution in [0.15, 0.2) is 6.07 Å². The standard InChI is InChI=1S/C22H28N4O3S/c1-12-20(30-14(3)23-12)18-8-16-9-26(13(2)15-4-5-15)22(28)19(16)21(24-18)25-6-7-29-17(10-25)11-27/h8,13,15,17,27H,4-7,9-11H2,1-3H3/t13-,17+/m0/s1. The number of anilines is 1. The molecule has 1 saturated heterocycles. The maximum Gasteiger partial charge on any atom is 0.258 e. The van der Waals surface area contributed by atoms with Crippen LogP contribution in [0, 0.1) is 19.8 Å². The van der Waals surface area contributed by atoms with Crippen molar-refractivity contribution in [3.63, 3.8) is 0 Å². The fraction of sp³-hybridized carbons (Fsp3) is 0.591. The van der Waals surface area contributed by atoms with Crippen LogP contribution in [0.25, 0.3) is 10.6 Å². The van der Waals surface area contributed by atoms with E-state index < -0.39 is 0 Å². The molecule has 2 fully saturated rings. The van der Waals surface area contributed by atoms with E-state index in [1.54, 1.807) is 11.3 Å². The van der Waals surface area contributed by atoms with Crippen LogP contribution in [0.2, 0.25) is 0 Å². The average molecular weight is 429 g/mol. The third-order valence-electron chi connectivity index (χ3n) is 6.47. The number of nitrogens with zero attached hydrogens (tertiary/aromatic N) is 4. The highest BCUT2D eigenvalue weighted by Gasteiger charge is 2.41. The number of aliphatic hydroxyl groups excluding tert-OH is 1. The Morgan fingerprint density at radius 3 is 2.80 bits per heavy atom. The Bertz CT molecular complexity index is 987. The molecule has 0 unspecified atom stereocenters. The lowest BCUT2D eigenvalue weighted by molar-refractivity contribution is 0.00331. The van der Waals surface area contributed by atoms with Gasteiger partial charge in [-0.3, -0.25) is 4.79 Å². The van der Waals surface area contributed by atoms with Crippen LogP contribution in [0.1, 0.15) is 46.4 Å². The van der Waals surface area contributed by atoms with Gasteiger partial charge in [0, 0.05) is 25.7 Å². The first-order valence-electron chi connectivity index (χ1n) is 10.7. The summed E-state index contributed by atoms with van der Waals surface area (Å²) in [6.45, 7) is 8.49.